The van der Waals surface area contributed by atoms with Gasteiger partial charge in [0.15, 0.2) is 11.5 Å². The lowest BCUT2D eigenvalue weighted by Crippen LogP contribution is -2.20. The minimum atomic E-state index is -0.236. The molecule has 1 aromatic heterocycles. The van der Waals surface area contributed by atoms with Crippen LogP contribution >= 0.6 is 50.1 Å². The molecule has 0 fully saturated rings. The van der Waals surface area contributed by atoms with Crippen molar-refractivity contribution in [2.24, 2.45) is 5.10 Å². The van der Waals surface area contributed by atoms with E-state index < -0.39 is 0 Å². The van der Waals surface area contributed by atoms with Gasteiger partial charge in [-0.05, 0) is 83.1 Å². The first-order valence-corrected chi connectivity index (χ1v) is 12.1. The molecule has 0 amide bonds. The monoisotopic (exact) mass is 637 g/mol. The zero-order valence-electron chi connectivity index (χ0n) is 17.7. The van der Waals surface area contributed by atoms with Gasteiger partial charge in [-0.2, -0.15) is 9.78 Å². The van der Waals surface area contributed by atoms with E-state index in [2.05, 4.69) is 48.6 Å². The topological polar surface area (TPSA) is 65.7 Å². The first-order chi connectivity index (χ1) is 15.9. The fourth-order valence-corrected chi connectivity index (χ4v) is 4.48. The van der Waals surface area contributed by atoms with Crippen LogP contribution in [0.25, 0.3) is 10.9 Å². The molecule has 0 aliphatic carbocycles. The number of aromatic nitrogens is 2. The number of hydrogen-bond donors (Lipinski definition) is 0. The fraction of sp³-hybridized carbons (Fsp3) is 0.125. The lowest BCUT2D eigenvalue weighted by atomic mass is 10.2. The number of hydrogen-bond acceptors (Lipinski definition) is 5. The minimum Gasteiger partial charge on any atom is -0.493 e. The molecule has 4 aromatic rings. The number of fused-ring (bicyclic) bond motifs is 1. The SMILES string of the molecule is COc1cc(C=Nn2c(C)nc3ccc(Br)cc3c2=O)cc(I)c1OCc1ccc(Cl)cc1. The highest BCUT2D eigenvalue weighted by atomic mass is 127. The summed E-state index contributed by atoms with van der Waals surface area (Å²) in [6.07, 6.45) is 1.60. The standard InChI is InChI=1S/C24H18BrClIN3O3/c1-14-29-21-8-5-17(25)11-19(21)24(31)30(14)28-12-16-9-20(27)23(22(10-16)32-2)33-13-15-3-6-18(26)7-4-15/h3-12H,13H2,1-2H3. The van der Waals surface area contributed by atoms with E-state index >= 15 is 0 Å². The second kappa shape index (κ2) is 10.2. The molecule has 0 aliphatic rings. The number of halogens is 3. The molecule has 0 aliphatic heterocycles. The molecule has 0 radical (unpaired) electrons. The average molecular weight is 639 g/mol. The summed E-state index contributed by atoms with van der Waals surface area (Å²) in [6, 6.07) is 16.6. The lowest BCUT2D eigenvalue weighted by Gasteiger charge is -2.14. The third-order valence-corrected chi connectivity index (χ3v) is 6.39. The van der Waals surface area contributed by atoms with Crippen molar-refractivity contribution in [2.75, 3.05) is 7.11 Å². The average Bonchev–Trinajstić information content (AvgIpc) is 2.79. The van der Waals surface area contributed by atoms with Gasteiger partial charge in [0.25, 0.3) is 5.56 Å². The van der Waals surface area contributed by atoms with Crippen LogP contribution in [0.3, 0.4) is 0 Å². The van der Waals surface area contributed by atoms with Gasteiger partial charge >= 0.3 is 0 Å². The molecule has 0 N–H and O–H groups in total. The highest BCUT2D eigenvalue weighted by Crippen LogP contribution is 2.34. The summed E-state index contributed by atoms with van der Waals surface area (Å²) in [7, 11) is 1.58. The highest BCUT2D eigenvalue weighted by molar-refractivity contribution is 14.1. The van der Waals surface area contributed by atoms with Crippen LogP contribution in [0.5, 0.6) is 11.5 Å². The second-order valence-corrected chi connectivity index (χ2v) is 9.65. The smallest absolute Gasteiger partial charge is 0.282 e. The van der Waals surface area contributed by atoms with Crippen molar-refractivity contribution in [1.82, 2.24) is 9.66 Å². The van der Waals surface area contributed by atoms with Crippen LogP contribution in [0.1, 0.15) is 17.0 Å². The zero-order valence-corrected chi connectivity index (χ0v) is 22.2. The summed E-state index contributed by atoms with van der Waals surface area (Å²) in [5, 5.41) is 5.56. The molecule has 3 aromatic carbocycles. The van der Waals surface area contributed by atoms with Gasteiger partial charge in [0.2, 0.25) is 0 Å². The Hall–Kier alpha value is -2.43. The van der Waals surface area contributed by atoms with Crippen molar-refractivity contribution in [3.8, 4) is 11.5 Å². The highest BCUT2D eigenvalue weighted by Gasteiger charge is 2.12. The van der Waals surface area contributed by atoms with Crippen molar-refractivity contribution in [2.45, 2.75) is 13.5 Å². The van der Waals surface area contributed by atoms with Crippen LogP contribution in [-0.2, 0) is 6.61 Å². The van der Waals surface area contributed by atoms with Crippen LogP contribution in [0, 0.1) is 10.5 Å². The van der Waals surface area contributed by atoms with Crippen LogP contribution in [-0.4, -0.2) is 23.0 Å². The molecule has 6 nitrogen and oxygen atoms in total. The maximum absolute atomic E-state index is 12.9. The molecule has 4 rings (SSSR count). The molecule has 0 saturated heterocycles. The lowest BCUT2D eigenvalue weighted by molar-refractivity contribution is 0.282. The predicted octanol–water partition coefficient (Wildman–Crippen LogP) is 6.20. The third kappa shape index (κ3) is 5.39. The van der Waals surface area contributed by atoms with E-state index in [4.69, 9.17) is 21.1 Å². The fourth-order valence-electron chi connectivity index (χ4n) is 3.21. The van der Waals surface area contributed by atoms with Gasteiger partial charge in [0.05, 0.1) is 27.8 Å². The number of benzene rings is 3. The molecule has 33 heavy (non-hydrogen) atoms. The molecule has 0 unspecified atom stereocenters. The van der Waals surface area contributed by atoms with Crippen LogP contribution in [0.2, 0.25) is 5.02 Å². The van der Waals surface area contributed by atoms with Crippen molar-refractivity contribution >= 4 is 67.2 Å². The van der Waals surface area contributed by atoms with E-state index in [-0.39, 0.29) is 5.56 Å². The van der Waals surface area contributed by atoms with Gasteiger partial charge in [-0.15, -0.1) is 0 Å². The molecule has 0 saturated carbocycles. The van der Waals surface area contributed by atoms with Crippen molar-refractivity contribution in [1.29, 1.82) is 0 Å². The first-order valence-electron chi connectivity index (χ1n) is 9.84. The van der Waals surface area contributed by atoms with E-state index in [1.807, 2.05) is 42.5 Å². The summed E-state index contributed by atoms with van der Waals surface area (Å²) in [5.41, 5.74) is 2.15. The Labute approximate surface area is 217 Å². The summed E-state index contributed by atoms with van der Waals surface area (Å²) in [6.45, 7) is 2.13. The molecule has 0 bridgehead atoms. The Bertz CT molecular complexity index is 1420. The molecular weight excluding hydrogens is 621 g/mol. The Morgan fingerprint density at radius 2 is 1.94 bits per heavy atom. The number of ether oxygens (including phenoxy) is 2. The van der Waals surface area contributed by atoms with E-state index in [0.29, 0.717) is 39.9 Å². The van der Waals surface area contributed by atoms with E-state index in [0.717, 1.165) is 19.2 Å². The van der Waals surface area contributed by atoms with Crippen molar-refractivity contribution < 1.29 is 9.47 Å². The summed E-state index contributed by atoms with van der Waals surface area (Å²) in [4.78, 5) is 17.4. The van der Waals surface area contributed by atoms with Gasteiger partial charge in [-0.3, -0.25) is 4.79 Å². The van der Waals surface area contributed by atoms with E-state index in [1.165, 1.54) is 4.68 Å². The number of nitrogens with zero attached hydrogens (tertiary/aromatic N) is 3. The van der Waals surface area contributed by atoms with E-state index in [1.54, 1.807) is 32.4 Å². The van der Waals surface area contributed by atoms with Crippen LogP contribution in [0.15, 0.2) is 69.0 Å². The third-order valence-electron chi connectivity index (χ3n) is 4.84. The Kier molecular flexibility index (Phi) is 7.35. The Balaban J connectivity index is 1.63. The summed E-state index contributed by atoms with van der Waals surface area (Å²) in [5.74, 6) is 1.70. The maximum atomic E-state index is 12.9. The molecule has 168 valence electrons. The summed E-state index contributed by atoms with van der Waals surface area (Å²) >= 11 is 11.5. The van der Waals surface area contributed by atoms with Crippen LogP contribution < -0.4 is 15.0 Å². The minimum absolute atomic E-state index is 0.236. The Morgan fingerprint density at radius 1 is 1.18 bits per heavy atom. The molecule has 0 atom stereocenters. The van der Waals surface area contributed by atoms with Crippen molar-refractivity contribution in [3.05, 3.63) is 95.0 Å². The second-order valence-electron chi connectivity index (χ2n) is 7.13. The maximum Gasteiger partial charge on any atom is 0.282 e. The summed E-state index contributed by atoms with van der Waals surface area (Å²) < 4.78 is 14.5. The van der Waals surface area contributed by atoms with Crippen LogP contribution in [0.4, 0.5) is 0 Å². The van der Waals surface area contributed by atoms with E-state index in [9.17, 15) is 4.79 Å². The van der Waals surface area contributed by atoms with Gasteiger partial charge in [-0.1, -0.05) is 39.7 Å². The Morgan fingerprint density at radius 3 is 2.67 bits per heavy atom. The van der Waals surface area contributed by atoms with Gasteiger partial charge in [-0.25, -0.2) is 4.98 Å². The zero-order chi connectivity index (χ0) is 23.5. The van der Waals surface area contributed by atoms with Gasteiger partial charge in [0.1, 0.15) is 12.4 Å². The molecule has 9 heteroatoms. The van der Waals surface area contributed by atoms with Gasteiger partial charge < -0.3 is 9.47 Å². The molecule has 0 spiro atoms. The number of rotatable bonds is 6. The normalized spacial score (nSPS) is 11.3. The quantitative estimate of drug-likeness (QED) is 0.187. The largest absolute Gasteiger partial charge is 0.493 e. The number of aryl methyl sites for hydroxylation is 1. The van der Waals surface area contributed by atoms with Crippen molar-refractivity contribution in [3.63, 3.8) is 0 Å². The molecule has 1 heterocycles. The predicted molar refractivity (Wildman–Crippen MR) is 143 cm³/mol. The first kappa shape index (κ1) is 23.7. The molecular formula is C24H18BrClIN3O3. The number of methoxy groups -OCH3 is 1. The van der Waals surface area contributed by atoms with Gasteiger partial charge in [0, 0.05) is 9.50 Å².